The monoisotopic (exact) mass is 333 g/mol. The van der Waals surface area contributed by atoms with Crippen LogP contribution in [0.5, 0.6) is 0 Å². The van der Waals surface area contributed by atoms with Crippen LogP contribution < -0.4 is 10.0 Å². The van der Waals surface area contributed by atoms with E-state index in [1.54, 1.807) is 0 Å². The fourth-order valence-corrected chi connectivity index (χ4v) is 3.25. The fraction of sp³-hybridized carbons (Fsp3) is 0.364. The lowest BCUT2D eigenvalue weighted by molar-refractivity contribution is -0.117. The highest BCUT2D eigenvalue weighted by atomic mass is 35.5. The molecule has 0 saturated carbocycles. The average Bonchev–Trinajstić information content (AvgIpc) is 2.66. The predicted molar refractivity (Wildman–Crippen MR) is 74.6 cm³/mol. The Morgan fingerprint density at radius 3 is 2.76 bits per heavy atom. The fourth-order valence-electron chi connectivity index (χ4n) is 2.22. The number of amides is 1. The zero-order valence-corrected chi connectivity index (χ0v) is 12.3. The number of nitrogens with zero attached hydrogens (tertiary/aromatic N) is 2. The van der Waals surface area contributed by atoms with E-state index in [1.807, 2.05) is 0 Å². The van der Waals surface area contributed by atoms with Gasteiger partial charge < -0.3 is 5.11 Å². The van der Waals surface area contributed by atoms with E-state index in [2.05, 4.69) is 4.98 Å². The molecule has 0 bridgehead atoms. The van der Waals surface area contributed by atoms with Crippen LogP contribution in [-0.2, 0) is 14.8 Å². The summed E-state index contributed by atoms with van der Waals surface area (Å²) in [6.07, 6.45) is -0.0380. The minimum Gasteiger partial charge on any atom is -0.478 e. The van der Waals surface area contributed by atoms with E-state index < -0.39 is 27.8 Å². The Morgan fingerprint density at radius 2 is 2.19 bits per heavy atom. The normalized spacial score (nSPS) is 19.0. The Kier molecular flexibility index (Phi) is 4.17. The van der Waals surface area contributed by atoms with Crippen LogP contribution in [0.25, 0.3) is 0 Å². The van der Waals surface area contributed by atoms with E-state index in [1.165, 1.54) is 12.1 Å². The summed E-state index contributed by atoms with van der Waals surface area (Å²) in [5.74, 6) is -2.61. The molecule has 1 atom stereocenters. The highest BCUT2D eigenvalue weighted by molar-refractivity contribution is 7.89. The van der Waals surface area contributed by atoms with Crippen LogP contribution in [0.15, 0.2) is 12.1 Å². The molecule has 10 heteroatoms. The van der Waals surface area contributed by atoms with Crippen LogP contribution in [0.3, 0.4) is 0 Å². The Hall–Kier alpha value is -1.71. The van der Waals surface area contributed by atoms with Gasteiger partial charge in [0.05, 0.1) is 5.75 Å². The highest BCUT2D eigenvalue weighted by Crippen LogP contribution is 2.28. The van der Waals surface area contributed by atoms with Crippen molar-refractivity contribution in [2.24, 2.45) is 11.1 Å². The summed E-state index contributed by atoms with van der Waals surface area (Å²) < 4.78 is 22.2. The molecule has 2 heterocycles. The van der Waals surface area contributed by atoms with Gasteiger partial charge in [-0.3, -0.25) is 9.69 Å². The van der Waals surface area contributed by atoms with Crippen LogP contribution in [0.1, 0.15) is 16.8 Å². The van der Waals surface area contributed by atoms with Crippen molar-refractivity contribution >= 4 is 39.3 Å². The number of anilines is 1. The van der Waals surface area contributed by atoms with Crippen LogP contribution >= 0.6 is 11.6 Å². The third-order valence-electron chi connectivity index (χ3n) is 3.00. The average molecular weight is 334 g/mol. The van der Waals surface area contributed by atoms with E-state index in [0.717, 1.165) is 4.90 Å². The molecule has 1 aromatic rings. The summed E-state index contributed by atoms with van der Waals surface area (Å²) in [5, 5.41) is 14.1. The van der Waals surface area contributed by atoms with Crippen molar-refractivity contribution in [3.63, 3.8) is 0 Å². The summed E-state index contributed by atoms with van der Waals surface area (Å²) in [7, 11) is -3.71. The lowest BCUT2D eigenvalue weighted by Gasteiger charge is -2.17. The Bertz CT molecular complexity index is 706. The Morgan fingerprint density at radius 1 is 1.52 bits per heavy atom. The number of carboxylic acids is 1. The van der Waals surface area contributed by atoms with Gasteiger partial charge >= 0.3 is 5.97 Å². The van der Waals surface area contributed by atoms with E-state index in [9.17, 15) is 18.0 Å². The summed E-state index contributed by atoms with van der Waals surface area (Å²) in [6.45, 7) is 0.0306. The summed E-state index contributed by atoms with van der Waals surface area (Å²) in [4.78, 5) is 28.1. The number of carboxylic acid groups (broad SMARTS) is 1. The maximum Gasteiger partial charge on any atom is 0.339 e. The number of sulfonamides is 1. The van der Waals surface area contributed by atoms with Gasteiger partial charge in [-0.15, -0.1) is 0 Å². The van der Waals surface area contributed by atoms with E-state index in [0.29, 0.717) is 0 Å². The summed E-state index contributed by atoms with van der Waals surface area (Å²) in [5.41, 5.74) is -0.177. The number of primary sulfonamides is 1. The SMILES string of the molecule is NS(=O)(=O)CC1CC(=O)N(c2nc(Cl)ccc2C(=O)O)C1. The molecular formula is C11H12ClN3O5S. The maximum atomic E-state index is 12.0. The molecule has 1 amide bonds. The van der Waals surface area contributed by atoms with Crippen LogP contribution in [0.4, 0.5) is 5.82 Å². The third kappa shape index (κ3) is 3.69. The number of halogens is 1. The highest BCUT2D eigenvalue weighted by Gasteiger charge is 2.35. The molecule has 8 nitrogen and oxygen atoms in total. The van der Waals surface area contributed by atoms with E-state index >= 15 is 0 Å². The van der Waals surface area contributed by atoms with Crippen molar-refractivity contribution < 1.29 is 23.1 Å². The smallest absolute Gasteiger partial charge is 0.339 e. The van der Waals surface area contributed by atoms with E-state index in [-0.39, 0.29) is 35.3 Å². The van der Waals surface area contributed by atoms with Crippen molar-refractivity contribution in [3.8, 4) is 0 Å². The van der Waals surface area contributed by atoms with Crippen molar-refractivity contribution in [1.82, 2.24) is 4.98 Å². The molecular weight excluding hydrogens is 322 g/mol. The first kappa shape index (κ1) is 15.7. The molecule has 1 unspecified atom stereocenters. The molecule has 0 radical (unpaired) electrons. The second-order valence-electron chi connectivity index (χ2n) is 4.71. The number of rotatable bonds is 4. The van der Waals surface area contributed by atoms with Gasteiger partial charge in [-0.2, -0.15) is 0 Å². The van der Waals surface area contributed by atoms with Crippen molar-refractivity contribution in [3.05, 3.63) is 22.8 Å². The first-order chi connectivity index (χ1) is 9.67. The molecule has 3 N–H and O–H groups in total. The maximum absolute atomic E-state index is 12.0. The van der Waals surface area contributed by atoms with Gasteiger partial charge in [0.25, 0.3) is 0 Å². The molecule has 0 aromatic carbocycles. The van der Waals surface area contributed by atoms with Crippen LogP contribution in [-0.4, -0.2) is 42.7 Å². The van der Waals surface area contributed by atoms with Crippen LogP contribution in [0.2, 0.25) is 5.15 Å². The summed E-state index contributed by atoms with van der Waals surface area (Å²) in [6, 6.07) is 2.55. The van der Waals surface area contributed by atoms with Crippen molar-refractivity contribution in [2.45, 2.75) is 6.42 Å². The van der Waals surface area contributed by atoms with Gasteiger partial charge in [0, 0.05) is 18.9 Å². The predicted octanol–water partition coefficient (Wildman–Crippen LogP) is 0.0746. The van der Waals surface area contributed by atoms with Gasteiger partial charge in [-0.1, -0.05) is 11.6 Å². The van der Waals surface area contributed by atoms with Crippen molar-refractivity contribution in [2.75, 3.05) is 17.2 Å². The molecule has 0 aliphatic carbocycles. The molecule has 1 aliphatic rings. The molecule has 114 valence electrons. The lowest BCUT2D eigenvalue weighted by atomic mass is 10.1. The van der Waals surface area contributed by atoms with Gasteiger partial charge in [0.2, 0.25) is 15.9 Å². The van der Waals surface area contributed by atoms with E-state index in [4.69, 9.17) is 21.8 Å². The molecule has 1 aliphatic heterocycles. The number of aromatic nitrogens is 1. The number of aromatic carboxylic acids is 1. The molecule has 21 heavy (non-hydrogen) atoms. The zero-order chi connectivity index (χ0) is 15.8. The second-order valence-corrected chi connectivity index (χ2v) is 6.76. The topological polar surface area (TPSA) is 131 Å². The molecule has 1 aromatic heterocycles. The standard InChI is InChI=1S/C11H12ClN3O5S/c12-8-2-1-7(11(17)18)10(14-8)15-4-6(3-9(15)16)5-21(13,19)20/h1-2,6H,3-5H2,(H,17,18)(H2,13,19,20). The molecule has 1 saturated heterocycles. The second kappa shape index (κ2) is 5.58. The first-order valence-corrected chi connectivity index (χ1v) is 7.97. The van der Waals surface area contributed by atoms with Gasteiger partial charge in [-0.25, -0.2) is 23.3 Å². The number of carbonyl (C=O) groups is 2. The third-order valence-corrected chi connectivity index (χ3v) is 4.15. The number of nitrogens with two attached hydrogens (primary N) is 1. The van der Waals surface area contributed by atoms with Gasteiger partial charge in [0.15, 0.2) is 5.82 Å². The number of carbonyl (C=O) groups excluding carboxylic acids is 1. The van der Waals surface area contributed by atoms with Crippen LogP contribution in [0, 0.1) is 5.92 Å². The molecule has 1 fully saturated rings. The largest absolute Gasteiger partial charge is 0.478 e. The van der Waals surface area contributed by atoms with Gasteiger partial charge in [0.1, 0.15) is 10.7 Å². The van der Waals surface area contributed by atoms with Crippen molar-refractivity contribution in [1.29, 1.82) is 0 Å². The zero-order valence-electron chi connectivity index (χ0n) is 10.7. The lowest BCUT2D eigenvalue weighted by Crippen LogP contribution is -2.29. The number of hydrogen-bond acceptors (Lipinski definition) is 5. The Labute approximate surface area is 125 Å². The Balaban J connectivity index is 2.33. The minimum absolute atomic E-state index is 0.0306. The number of pyridine rings is 1. The van der Waals surface area contributed by atoms with Gasteiger partial charge in [-0.05, 0) is 12.1 Å². The minimum atomic E-state index is -3.71. The molecule has 0 spiro atoms. The summed E-state index contributed by atoms with van der Waals surface area (Å²) >= 11 is 5.73. The molecule has 2 rings (SSSR count). The number of hydrogen-bond donors (Lipinski definition) is 2. The quantitative estimate of drug-likeness (QED) is 0.750. The first-order valence-electron chi connectivity index (χ1n) is 5.88.